The summed E-state index contributed by atoms with van der Waals surface area (Å²) >= 11 is 0. The number of carboxylic acids is 1. The molecule has 0 heterocycles. The van der Waals surface area contributed by atoms with Gasteiger partial charge in [-0.25, -0.2) is 4.79 Å². The quantitative estimate of drug-likeness (QED) is 0.878. The zero-order valence-electron chi connectivity index (χ0n) is 11.6. The van der Waals surface area contributed by atoms with Crippen LogP contribution in [0.5, 0.6) is 0 Å². The van der Waals surface area contributed by atoms with Crippen LogP contribution in [0.15, 0.2) is 24.3 Å². The van der Waals surface area contributed by atoms with Crippen LogP contribution in [-0.2, 0) is 16.0 Å². The lowest BCUT2D eigenvalue weighted by molar-refractivity contribution is -0.175. The fourth-order valence-corrected chi connectivity index (χ4v) is 1.76. The minimum Gasteiger partial charge on any atom is -0.480 e. The van der Waals surface area contributed by atoms with Crippen molar-refractivity contribution in [3.05, 3.63) is 35.4 Å². The summed E-state index contributed by atoms with van der Waals surface area (Å²) in [5.74, 6) is -3.56. The monoisotopic (exact) mass is 303 g/mol. The van der Waals surface area contributed by atoms with Crippen molar-refractivity contribution in [2.75, 3.05) is 0 Å². The van der Waals surface area contributed by atoms with Gasteiger partial charge in [-0.3, -0.25) is 4.79 Å². The second kappa shape index (κ2) is 6.60. The highest BCUT2D eigenvalue weighted by atomic mass is 19.4. The first-order valence-corrected chi connectivity index (χ1v) is 6.30. The molecule has 1 aromatic rings. The maximum absolute atomic E-state index is 12.2. The molecular formula is C14H16F3NO3. The highest BCUT2D eigenvalue weighted by Gasteiger charge is 2.40. The van der Waals surface area contributed by atoms with E-state index in [9.17, 15) is 22.8 Å². The average molecular weight is 303 g/mol. The van der Waals surface area contributed by atoms with Crippen LogP contribution in [0, 0.1) is 0 Å². The van der Waals surface area contributed by atoms with Crippen LogP contribution < -0.4 is 5.32 Å². The first-order chi connectivity index (χ1) is 9.61. The lowest BCUT2D eigenvalue weighted by Gasteiger charge is -2.16. The topological polar surface area (TPSA) is 66.4 Å². The largest absolute Gasteiger partial charge is 0.480 e. The van der Waals surface area contributed by atoms with Crippen LogP contribution in [0.3, 0.4) is 0 Å². The van der Waals surface area contributed by atoms with Gasteiger partial charge < -0.3 is 10.4 Å². The molecule has 0 spiro atoms. The molecule has 1 amide bonds. The summed E-state index contributed by atoms with van der Waals surface area (Å²) in [7, 11) is 0. The van der Waals surface area contributed by atoms with Gasteiger partial charge in [-0.2, -0.15) is 13.2 Å². The van der Waals surface area contributed by atoms with E-state index in [1.807, 2.05) is 19.9 Å². The third-order valence-corrected chi connectivity index (χ3v) is 2.92. The molecule has 2 N–H and O–H groups in total. The van der Waals surface area contributed by atoms with Gasteiger partial charge in [0.25, 0.3) is 0 Å². The van der Waals surface area contributed by atoms with Gasteiger partial charge >= 0.3 is 18.1 Å². The number of aliphatic carboxylic acids is 1. The first kappa shape index (κ1) is 17.0. The number of nitrogens with one attached hydrogen (secondary N) is 1. The molecule has 0 bridgehead atoms. The van der Waals surface area contributed by atoms with Crippen molar-refractivity contribution in [3.8, 4) is 0 Å². The lowest BCUT2D eigenvalue weighted by Crippen LogP contribution is -2.47. The van der Waals surface area contributed by atoms with Gasteiger partial charge in [0.15, 0.2) is 0 Å². The van der Waals surface area contributed by atoms with E-state index in [-0.39, 0.29) is 12.3 Å². The summed E-state index contributed by atoms with van der Waals surface area (Å²) in [5, 5.41) is 10.4. The Morgan fingerprint density at radius 1 is 1.29 bits per heavy atom. The van der Waals surface area contributed by atoms with E-state index in [0.29, 0.717) is 5.56 Å². The van der Waals surface area contributed by atoms with E-state index in [1.165, 1.54) is 5.32 Å². The Morgan fingerprint density at radius 3 is 2.38 bits per heavy atom. The smallest absolute Gasteiger partial charge is 0.471 e. The molecule has 0 radical (unpaired) electrons. The number of rotatable bonds is 5. The van der Waals surface area contributed by atoms with E-state index >= 15 is 0 Å². The van der Waals surface area contributed by atoms with Crippen LogP contribution in [-0.4, -0.2) is 29.2 Å². The Kier molecular flexibility index (Phi) is 5.34. The van der Waals surface area contributed by atoms with E-state index in [2.05, 4.69) is 0 Å². The SMILES string of the molecule is CC(C)c1cccc(CC(NC(=O)C(F)(F)F)C(=O)O)c1. The van der Waals surface area contributed by atoms with E-state index in [1.54, 1.807) is 18.2 Å². The van der Waals surface area contributed by atoms with Gasteiger partial charge in [0.2, 0.25) is 0 Å². The molecule has 4 nitrogen and oxygen atoms in total. The summed E-state index contributed by atoms with van der Waals surface area (Å²) < 4.78 is 36.5. The molecule has 0 saturated heterocycles. The summed E-state index contributed by atoms with van der Waals surface area (Å²) in [4.78, 5) is 21.8. The van der Waals surface area contributed by atoms with Crippen LogP contribution in [0.1, 0.15) is 30.9 Å². The number of hydrogen-bond donors (Lipinski definition) is 2. The third-order valence-electron chi connectivity index (χ3n) is 2.92. The molecule has 7 heteroatoms. The molecule has 0 aliphatic carbocycles. The molecule has 1 rings (SSSR count). The van der Waals surface area contributed by atoms with Crippen molar-refractivity contribution in [1.82, 2.24) is 5.32 Å². The standard InChI is InChI=1S/C14H16F3NO3/c1-8(2)10-5-3-4-9(6-10)7-11(12(19)20)18-13(21)14(15,16)17/h3-6,8,11H,7H2,1-2H3,(H,18,21)(H,19,20). The van der Waals surface area contributed by atoms with Crippen molar-refractivity contribution in [2.45, 2.75) is 38.4 Å². The number of carbonyl (C=O) groups excluding carboxylic acids is 1. The number of amides is 1. The molecule has 1 atom stereocenters. The van der Waals surface area contributed by atoms with E-state index in [4.69, 9.17) is 5.11 Å². The Balaban J connectivity index is 2.87. The molecular weight excluding hydrogens is 287 g/mol. The molecule has 0 fully saturated rings. The molecule has 1 unspecified atom stereocenters. The number of alkyl halides is 3. The molecule has 0 aliphatic rings. The fourth-order valence-electron chi connectivity index (χ4n) is 1.76. The Labute approximate surface area is 120 Å². The average Bonchev–Trinajstić information content (AvgIpc) is 2.36. The van der Waals surface area contributed by atoms with Gasteiger partial charge in [-0.1, -0.05) is 38.1 Å². The summed E-state index contributed by atoms with van der Waals surface area (Å²) in [6.45, 7) is 3.89. The molecule has 1 aromatic carbocycles. The molecule has 21 heavy (non-hydrogen) atoms. The summed E-state index contributed by atoms with van der Waals surface area (Å²) in [6.07, 6.45) is -5.31. The van der Waals surface area contributed by atoms with Crippen LogP contribution >= 0.6 is 0 Å². The van der Waals surface area contributed by atoms with Crippen LogP contribution in [0.4, 0.5) is 13.2 Å². The Morgan fingerprint density at radius 2 is 1.90 bits per heavy atom. The number of carboxylic acid groups (broad SMARTS) is 1. The lowest BCUT2D eigenvalue weighted by atomic mass is 9.98. The van der Waals surface area contributed by atoms with Gasteiger partial charge in [0.05, 0.1) is 0 Å². The fraction of sp³-hybridized carbons (Fsp3) is 0.429. The maximum atomic E-state index is 12.2. The molecule has 0 saturated carbocycles. The molecule has 116 valence electrons. The predicted octanol–water partition coefficient (Wildman–Crippen LogP) is 2.48. The van der Waals surface area contributed by atoms with Crippen molar-refractivity contribution in [3.63, 3.8) is 0 Å². The van der Waals surface area contributed by atoms with Gasteiger partial charge in [0.1, 0.15) is 6.04 Å². The van der Waals surface area contributed by atoms with Crippen molar-refractivity contribution in [1.29, 1.82) is 0 Å². The number of halogens is 3. The number of hydrogen-bond acceptors (Lipinski definition) is 2. The zero-order valence-corrected chi connectivity index (χ0v) is 11.6. The summed E-state index contributed by atoms with van der Waals surface area (Å²) in [6, 6.07) is 5.26. The van der Waals surface area contributed by atoms with Crippen LogP contribution in [0.2, 0.25) is 0 Å². The first-order valence-electron chi connectivity index (χ1n) is 6.30. The number of carbonyl (C=O) groups is 2. The van der Waals surface area contributed by atoms with Crippen molar-refractivity contribution in [2.24, 2.45) is 0 Å². The molecule has 0 aliphatic heterocycles. The summed E-state index contributed by atoms with van der Waals surface area (Å²) in [5.41, 5.74) is 1.50. The second-order valence-electron chi connectivity index (χ2n) is 4.97. The highest BCUT2D eigenvalue weighted by molar-refractivity contribution is 5.87. The Bertz CT molecular complexity index is 526. The second-order valence-corrected chi connectivity index (χ2v) is 4.97. The van der Waals surface area contributed by atoms with Crippen molar-refractivity contribution >= 4 is 11.9 Å². The van der Waals surface area contributed by atoms with E-state index < -0.39 is 24.1 Å². The number of benzene rings is 1. The third kappa shape index (κ3) is 5.09. The predicted molar refractivity (Wildman–Crippen MR) is 69.9 cm³/mol. The van der Waals surface area contributed by atoms with Crippen molar-refractivity contribution < 1.29 is 27.9 Å². The molecule has 0 aromatic heterocycles. The van der Waals surface area contributed by atoms with Crippen LogP contribution in [0.25, 0.3) is 0 Å². The maximum Gasteiger partial charge on any atom is 0.471 e. The minimum atomic E-state index is -5.10. The minimum absolute atomic E-state index is 0.206. The van der Waals surface area contributed by atoms with Gasteiger partial charge in [-0.05, 0) is 17.0 Å². The normalized spacial score (nSPS) is 13.0. The van der Waals surface area contributed by atoms with E-state index in [0.717, 1.165) is 5.56 Å². The van der Waals surface area contributed by atoms with Gasteiger partial charge in [0, 0.05) is 6.42 Å². The zero-order chi connectivity index (χ0) is 16.2. The highest BCUT2D eigenvalue weighted by Crippen LogP contribution is 2.18. The Hall–Kier alpha value is -2.05. The van der Waals surface area contributed by atoms with Gasteiger partial charge in [-0.15, -0.1) is 0 Å².